The number of nitrogens with zero attached hydrogens (tertiary/aromatic N) is 1. The van der Waals surface area contributed by atoms with Crippen LogP contribution in [0.25, 0.3) is 0 Å². The molecule has 1 aromatic carbocycles. The zero-order valence-corrected chi connectivity index (χ0v) is 8.48. The van der Waals surface area contributed by atoms with Gasteiger partial charge in [0.1, 0.15) is 6.61 Å². The standard InChI is InChI=1S/C11H14N2O2/c12-6-8-15-11(14)13-7-5-9-3-1-2-4-10(9)13/h1-4H,5-8,12H2. The summed E-state index contributed by atoms with van der Waals surface area (Å²) in [5.74, 6) is 0. The minimum absolute atomic E-state index is 0.275. The third-order valence-electron chi connectivity index (χ3n) is 2.45. The molecule has 4 heteroatoms. The van der Waals surface area contributed by atoms with Crippen LogP contribution >= 0.6 is 0 Å². The van der Waals surface area contributed by atoms with E-state index in [9.17, 15) is 4.79 Å². The highest BCUT2D eigenvalue weighted by Gasteiger charge is 2.24. The van der Waals surface area contributed by atoms with Gasteiger partial charge in [-0.15, -0.1) is 0 Å². The number of rotatable bonds is 2. The molecule has 2 N–H and O–H groups in total. The first-order valence-corrected chi connectivity index (χ1v) is 5.05. The van der Waals surface area contributed by atoms with Crippen molar-refractivity contribution in [3.05, 3.63) is 29.8 Å². The molecule has 80 valence electrons. The van der Waals surface area contributed by atoms with Crippen molar-refractivity contribution in [3.8, 4) is 0 Å². The maximum atomic E-state index is 11.6. The second kappa shape index (κ2) is 4.31. The summed E-state index contributed by atoms with van der Waals surface area (Å²) in [7, 11) is 0. The number of ether oxygens (including phenoxy) is 1. The van der Waals surface area contributed by atoms with Gasteiger partial charge in [-0.1, -0.05) is 18.2 Å². The Bertz CT molecular complexity index is 365. The zero-order valence-electron chi connectivity index (χ0n) is 8.48. The molecule has 0 unspecified atom stereocenters. The van der Waals surface area contributed by atoms with Gasteiger partial charge in [0.2, 0.25) is 0 Å². The molecule has 0 aliphatic carbocycles. The number of amides is 1. The van der Waals surface area contributed by atoms with Crippen molar-refractivity contribution in [1.82, 2.24) is 0 Å². The van der Waals surface area contributed by atoms with Crippen LogP contribution in [0.4, 0.5) is 10.5 Å². The second-order valence-corrected chi connectivity index (χ2v) is 3.43. The van der Waals surface area contributed by atoms with Crippen LogP contribution in [0.2, 0.25) is 0 Å². The third kappa shape index (κ3) is 1.94. The van der Waals surface area contributed by atoms with E-state index < -0.39 is 0 Å². The first-order valence-electron chi connectivity index (χ1n) is 5.05. The average molecular weight is 206 g/mol. The molecule has 0 radical (unpaired) electrons. The van der Waals surface area contributed by atoms with E-state index >= 15 is 0 Å². The Morgan fingerprint density at radius 2 is 2.27 bits per heavy atom. The molecule has 1 aliphatic rings. The Labute approximate surface area is 88.6 Å². The van der Waals surface area contributed by atoms with Gasteiger partial charge in [-0.2, -0.15) is 0 Å². The van der Waals surface area contributed by atoms with Crippen molar-refractivity contribution in [3.63, 3.8) is 0 Å². The normalized spacial score (nSPS) is 13.8. The minimum atomic E-state index is -0.301. The highest BCUT2D eigenvalue weighted by molar-refractivity contribution is 5.90. The molecule has 0 atom stereocenters. The number of carbonyl (C=O) groups excluding carboxylic acids is 1. The van der Waals surface area contributed by atoms with Gasteiger partial charge in [-0.3, -0.25) is 4.90 Å². The Kier molecular flexibility index (Phi) is 2.87. The van der Waals surface area contributed by atoms with Crippen LogP contribution in [-0.4, -0.2) is 25.8 Å². The number of carbonyl (C=O) groups is 1. The second-order valence-electron chi connectivity index (χ2n) is 3.43. The van der Waals surface area contributed by atoms with Crippen molar-refractivity contribution in [1.29, 1.82) is 0 Å². The van der Waals surface area contributed by atoms with E-state index in [0.29, 0.717) is 13.1 Å². The molecule has 1 aliphatic heterocycles. The van der Waals surface area contributed by atoms with Crippen LogP contribution in [-0.2, 0) is 11.2 Å². The van der Waals surface area contributed by atoms with E-state index in [2.05, 4.69) is 0 Å². The molecule has 0 saturated heterocycles. The predicted molar refractivity (Wildman–Crippen MR) is 57.9 cm³/mol. The van der Waals surface area contributed by atoms with Gasteiger partial charge in [-0.05, 0) is 18.1 Å². The maximum Gasteiger partial charge on any atom is 0.414 e. The summed E-state index contributed by atoms with van der Waals surface area (Å²) < 4.78 is 4.99. The topological polar surface area (TPSA) is 55.6 Å². The predicted octanol–water partition coefficient (Wildman–Crippen LogP) is 1.14. The van der Waals surface area contributed by atoms with Gasteiger partial charge >= 0.3 is 6.09 Å². The van der Waals surface area contributed by atoms with E-state index in [0.717, 1.165) is 12.1 Å². The third-order valence-corrected chi connectivity index (χ3v) is 2.45. The summed E-state index contributed by atoms with van der Waals surface area (Å²) in [6.45, 7) is 1.33. The largest absolute Gasteiger partial charge is 0.448 e. The Morgan fingerprint density at radius 3 is 3.07 bits per heavy atom. The molecule has 0 fully saturated rings. The van der Waals surface area contributed by atoms with Gasteiger partial charge in [0.05, 0.1) is 5.69 Å². The fourth-order valence-electron chi connectivity index (χ4n) is 1.75. The zero-order chi connectivity index (χ0) is 10.7. The summed E-state index contributed by atoms with van der Waals surface area (Å²) >= 11 is 0. The number of benzene rings is 1. The average Bonchev–Trinajstić information content (AvgIpc) is 2.69. The van der Waals surface area contributed by atoms with E-state index in [1.165, 1.54) is 5.56 Å². The van der Waals surface area contributed by atoms with E-state index in [1.54, 1.807) is 4.90 Å². The Morgan fingerprint density at radius 1 is 1.47 bits per heavy atom. The fourth-order valence-corrected chi connectivity index (χ4v) is 1.75. The highest BCUT2D eigenvalue weighted by Crippen LogP contribution is 2.27. The van der Waals surface area contributed by atoms with Crippen molar-refractivity contribution < 1.29 is 9.53 Å². The fraction of sp³-hybridized carbons (Fsp3) is 0.364. The van der Waals surface area contributed by atoms with Gasteiger partial charge < -0.3 is 10.5 Å². The molecule has 0 saturated carbocycles. The monoisotopic (exact) mass is 206 g/mol. The summed E-state index contributed by atoms with van der Waals surface area (Å²) in [4.78, 5) is 13.3. The summed E-state index contributed by atoms with van der Waals surface area (Å²) in [5, 5.41) is 0. The quantitative estimate of drug-likeness (QED) is 0.789. The number of hydrogen-bond acceptors (Lipinski definition) is 3. The van der Waals surface area contributed by atoms with Crippen molar-refractivity contribution >= 4 is 11.8 Å². The van der Waals surface area contributed by atoms with Crippen LogP contribution in [0.5, 0.6) is 0 Å². The molecular weight excluding hydrogens is 192 g/mol. The number of hydrogen-bond donors (Lipinski definition) is 1. The molecule has 1 amide bonds. The van der Waals surface area contributed by atoms with Crippen molar-refractivity contribution in [2.24, 2.45) is 5.73 Å². The molecule has 2 rings (SSSR count). The SMILES string of the molecule is NCCOC(=O)N1CCc2ccccc21. The summed E-state index contributed by atoms with van der Waals surface area (Å²) in [5.41, 5.74) is 7.43. The lowest BCUT2D eigenvalue weighted by molar-refractivity contribution is 0.157. The lowest BCUT2D eigenvalue weighted by atomic mass is 10.2. The highest BCUT2D eigenvalue weighted by atomic mass is 16.6. The summed E-state index contributed by atoms with van der Waals surface area (Å²) in [6, 6.07) is 7.87. The van der Waals surface area contributed by atoms with E-state index in [1.807, 2.05) is 24.3 Å². The van der Waals surface area contributed by atoms with Crippen LogP contribution in [0.1, 0.15) is 5.56 Å². The van der Waals surface area contributed by atoms with E-state index in [-0.39, 0.29) is 12.7 Å². The molecule has 15 heavy (non-hydrogen) atoms. The number of anilines is 1. The van der Waals surface area contributed by atoms with Gasteiger partial charge in [0.15, 0.2) is 0 Å². The van der Waals surface area contributed by atoms with Crippen LogP contribution < -0.4 is 10.6 Å². The van der Waals surface area contributed by atoms with Crippen LogP contribution in [0.3, 0.4) is 0 Å². The maximum absolute atomic E-state index is 11.6. The van der Waals surface area contributed by atoms with Crippen LogP contribution in [0, 0.1) is 0 Å². The van der Waals surface area contributed by atoms with Crippen molar-refractivity contribution in [2.75, 3.05) is 24.6 Å². The molecule has 1 aromatic rings. The Balaban J connectivity index is 2.10. The molecule has 0 aromatic heterocycles. The first kappa shape index (κ1) is 9.98. The van der Waals surface area contributed by atoms with Crippen LogP contribution in [0.15, 0.2) is 24.3 Å². The lowest BCUT2D eigenvalue weighted by Gasteiger charge is -2.16. The molecule has 0 bridgehead atoms. The molecular formula is C11H14N2O2. The first-order chi connectivity index (χ1) is 7.33. The van der Waals surface area contributed by atoms with Crippen molar-refractivity contribution in [2.45, 2.75) is 6.42 Å². The Hall–Kier alpha value is -1.55. The van der Waals surface area contributed by atoms with Gasteiger partial charge in [0, 0.05) is 13.1 Å². The minimum Gasteiger partial charge on any atom is -0.448 e. The van der Waals surface area contributed by atoms with Gasteiger partial charge in [-0.25, -0.2) is 4.79 Å². The molecule has 4 nitrogen and oxygen atoms in total. The molecule has 0 spiro atoms. The summed E-state index contributed by atoms with van der Waals surface area (Å²) in [6.07, 6.45) is 0.596. The number of nitrogens with two attached hydrogens (primary N) is 1. The molecule has 1 heterocycles. The smallest absolute Gasteiger partial charge is 0.414 e. The lowest BCUT2D eigenvalue weighted by Crippen LogP contribution is -2.31. The van der Waals surface area contributed by atoms with Gasteiger partial charge in [0.25, 0.3) is 0 Å². The van der Waals surface area contributed by atoms with E-state index in [4.69, 9.17) is 10.5 Å². The number of para-hydroxylation sites is 1. The number of fused-ring (bicyclic) bond motifs is 1.